The van der Waals surface area contributed by atoms with Gasteiger partial charge in [0.05, 0.1) is 4.90 Å². The highest BCUT2D eigenvalue weighted by atomic mass is 32.2. The number of benzene rings is 1. The molecule has 0 fully saturated rings. The van der Waals surface area contributed by atoms with Crippen molar-refractivity contribution in [2.24, 2.45) is 16.5 Å². The van der Waals surface area contributed by atoms with Gasteiger partial charge in [0, 0.05) is 11.0 Å². The highest BCUT2D eigenvalue weighted by Gasteiger charge is 2.27. The van der Waals surface area contributed by atoms with Gasteiger partial charge in [-0.3, -0.25) is 4.79 Å². The quantitative estimate of drug-likeness (QED) is 0.618. The highest BCUT2D eigenvalue weighted by molar-refractivity contribution is 7.95. The fourth-order valence-electron chi connectivity index (χ4n) is 2.20. The van der Waals surface area contributed by atoms with Crippen molar-refractivity contribution in [3.8, 4) is 0 Å². The van der Waals surface area contributed by atoms with E-state index in [1.807, 2.05) is 6.92 Å². The third kappa shape index (κ3) is 2.32. The second-order valence-corrected chi connectivity index (χ2v) is 6.31. The minimum atomic E-state index is -3.49. The van der Waals surface area contributed by atoms with Crippen LogP contribution in [-0.2, 0) is 16.3 Å². The molecule has 1 aromatic rings. The number of sulfone groups is 1. The van der Waals surface area contributed by atoms with Crippen molar-refractivity contribution >= 4 is 27.3 Å². The standard InChI is InChI=1S/C13H15N3O3S/c1-3-8-4-9-7(2)6-20(18,19)11(9)5-10(8)12(17)16-13(14)15/h4-6H,3H2,1-2H3,(H4,14,15,16,17). The number of nitrogens with two attached hydrogens (primary N) is 2. The minimum absolute atomic E-state index is 0.126. The van der Waals surface area contributed by atoms with Gasteiger partial charge in [-0.2, -0.15) is 4.99 Å². The maximum absolute atomic E-state index is 12.0. The second kappa shape index (κ2) is 4.75. The number of fused-ring (bicyclic) bond motifs is 1. The molecule has 0 unspecified atom stereocenters. The molecule has 1 amide bonds. The van der Waals surface area contributed by atoms with E-state index in [2.05, 4.69) is 4.99 Å². The average molecular weight is 293 g/mol. The molecule has 0 spiro atoms. The summed E-state index contributed by atoms with van der Waals surface area (Å²) >= 11 is 0. The summed E-state index contributed by atoms with van der Waals surface area (Å²) in [6, 6.07) is 3.06. The molecule has 1 aliphatic rings. The van der Waals surface area contributed by atoms with Crippen molar-refractivity contribution in [1.82, 2.24) is 0 Å². The molecule has 20 heavy (non-hydrogen) atoms. The normalized spacial score (nSPS) is 15.4. The SMILES string of the molecule is CCc1cc2c(cc1C(=O)N=C(N)N)S(=O)(=O)C=C2C. The Morgan fingerprint density at radius 3 is 2.50 bits per heavy atom. The third-order valence-corrected chi connectivity index (χ3v) is 4.73. The van der Waals surface area contributed by atoms with Crippen molar-refractivity contribution < 1.29 is 13.2 Å². The van der Waals surface area contributed by atoms with Crippen molar-refractivity contribution in [2.75, 3.05) is 0 Å². The molecule has 1 heterocycles. The molecule has 0 radical (unpaired) electrons. The van der Waals surface area contributed by atoms with Crippen LogP contribution in [0, 0.1) is 0 Å². The Balaban J connectivity index is 2.69. The van der Waals surface area contributed by atoms with Crippen molar-refractivity contribution in [2.45, 2.75) is 25.2 Å². The molecule has 2 rings (SSSR count). The number of carbonyl (C=O) groups is 1. The van der Waals surface area contributed by atoms with Crippen LogP contribution in [0.15, 0.2) is 27.4 Å². The fourth-order valence-corrected chi connectivity index (χ4v) is 3.72. The monoisotopic (exact) mass is 293 g/mol. The number of amides is 1. The molecule has 4 N–H and O–H groups in total. The van der Waals surface area contributed by atoms with Crippen LogP contribution in [0.4, 0.5) is 0 Å². The van der Waals surface area contributed by atoms with Gasteiger partial charge in [-0.05, 0) is 42.2 Å². The zero-order valence-electron chi connectivity index (χ0n) is 11.2. The zero-order chi connectivity index (χ0) is 15.1. The van der Waals surface area contributed by atoms with Gasteiger partial charge in [0.1, 0.15) is 0 Å². The lowest BCUT2D eigenvalue weighted by molar-refractivity contribution is 0.100. The molecule has 7 heteroatoms. The Bertz CT molecular complexity index is 757. The van der Waals surface area contributed by atoms with Crippen molar-refractivity contribution in [1.29, 1.82) is 0 Å². The molecule has 0 saturated heterocycles. The molecule has 6 nitrogen and oxygen atoms in total. The summed E-state index contributed by atoms with van der Waals surface area (Å²) in [6.07, 6.45) is 0.571. The third-order valence-electron chi connectivity index (χ3n) is 3.11. The predicted molar refractivity (Wildman–Crippen MR) is 76.8 cm³/mol. The van der Waals surface area contributed by atoms with E-state index in [0.29, 0.717) is 23.1 Å². The van der Waals surface area contributed by atoms with Gasteiger partial charge in [-0.15, -0.1) is 0 Å². The average Bonchev–Trinajstić information content (AvgIpc) is 2.57. The van der Waals surface area contributed by atoms with Crippen molar-refractivity contribution in [3.63, 3.8) is 0 Å². The first-order valence-electron chi connectivity index (χ1n) is 6.01. The van der Waals surface area contributed by atoms with Crippen LogP contribution in [-0.4, -0.2) is 20.3 Å². The predicted octanol–water partition coefficient (Wildman–Crippen LogP) is 0.811. The largest absolute Gasteiger partial charge is 0.370 e. The zero-order valence-corrected chi connectivity index (χ0v) is 12.0. The summed E-state index contributed by atoms with van der Waals surface area (Å²) in [5.41, 5.74) is 12.6. The van der Waals surface area contributed by atoms with Gasteiger partial charge >= 0.3 is 0 Å². The van der Waals surface area contributed by atoms with Crippen LogP contribution < -0.4 is 11.5 Å². The molecule has 0 aliphatic carbocycles. The van der Waals surface area contributed by atoms with E-state index in [9.17, 15) is 13.2 Å². The number of aliphatic imine (C=N–C) groups is 1. The second-order valence-electron chi connectivity index (χ2n) is 4.55. The number of nitrogens with zero attached hydrogens (tertiary/aromatic N) is 1. The van der Waals surface area contributed by atoms with Crippen LogP contribution in [0.2, 0.25) is 0 Å². The number of rotatable bonds is 2. The molecule has 0 aromatic heterocycles. The molecule has 106 valence electrons. The van der Waals surface area contributed by atoms with Crippen molar-refractivity contribution in [3.05, 3.63) is 34.2 Å². The van der Waals surface area contributed by atoms with Crippen LogP contribution >= 0.6 is 0 Å². The molecule has 0 bridgehead atoms. The van der Waals surface area contributed by atoms with Gasteiger partial charge in [0.25, 0.3) is 5.91 Å². The summed E-state index contributed by atoms with van der Waals surface area (Å²) in [7, 11) is -3.49. The number of hydrogen-bond donors (Lipinski definition) is 2. The topological polar surface area (TPSA) is 116 Å². The summed E-state index contributed by atoms with van der Waals surface area (Å²) in [5, 5.41) is 1.20. The van der Waals surface area contributed by atoms with Crippen LogP contribution in [0.25, 0.3) is 5.57 Å². The lowest BCUT2D eigenvalue weighted by Gasteiger charge is -2.09. The molecule has 0 atom stereocenters. The Kier molecular flexibility index (Phi) is 3.39. The lowest BCUT2D eigenvalue weighted by Crippen LogP contribution is -2.24. The number of guanidine groups is 1. The number of aryl methyl sites for hydroxylation is 1. The Labute approximate surface area is 117 Å². The number of allylic oxidation sites excluding steroid dienone is 1. The van der Waals surface area contributed by atoms with Crippen LogP contribution in [0.1, 0.15) is 35.3 Å². The van der Waals surface area contributed by atoms with Gasteiger partial charge in [0.15, 0.2) is 5.96 Å². The lowest BCUT2D eigenvalue weighted by atomic mass is 9.98. The summed E-state index contributed by atoms with van der Waals surface area (Å²) in [5.74, 6) is -0.987. The first-order valence-corrected chi connectivity index (χ1v) is 7.55. The molecule has 0 saturated carbocycles. The molecule has 1 aliphatic heterocycles. The summed E-state index contributed by atoms with van der Waals surface area (Å²) in [6.45, 7) is 3.59. The van der Waals surface area contributed by atoms with Gasteiger partial charge in [-0.25, -0.2) is 8.42 Å². The fraction of sp³-hybridized carbons (Fsp3) is 0.231. The maximum Gasteiger partial charge on any atom is 0.280 e. The van der Waals surface area contributed by atoms with E-state index in [1.54, 1.807) is 13.0 Å². The summed E-state index contributed by atoms with van der Waals surface area (Å²) < 4.78 is 24.0. The number of hydrogen-bond acceptors (Lipinski definition) is 3. The smallest absolute Gasteiger partial charge is 0.280 e. The Morgan fingerprint density at radius 1 is 1.30 bits per heavy atom. The Hall–Kier alpha value is -2.15. The molecular weight excluding hydrogens is 278 g/mol. The van der Waals surface area contributed by atoms with E-state index >= 15 is 0 Å². The van der Waals surface area contributed by atoms with E-state index in [1.165, 1.54) is 11.5 Å². The van der Waals surface area contributed by atoms with Crippen LogP contribution in [0.5, 0.6) is 0 Å². The van der Waals surface area contributed by atoms with Gasteiger partial charge in [-0.1, -0.05) is 6.92 Å². The number of carbonyl (C=O) groups excluding carboxylic acids is 1. The maximum atomic E-state index is 12.0. The minimum Gasteiger partial charge on any atom is -0.370 e. The van der Waals surface area contributed by atoms with E-state index in [-0.39, 0.29) is 16.4 Å². The molecular formula is C13H15N3O3S. The van der Waals surface area contributed by atoms with E-state index in [4.69, 9.17) is 11.5 Å². The first kappa shape index (κ1) is 14.3. The summed E-state index contributed by atoms with van der Waals surface area (Å²) in [4.78, 5) is 15.6. The Morgan fingerprint density at radius 2 is 1.95 bits per heavy atom. The van der Waals surface area contributed by atoms with Gasteiger partial charge < -0.3 is 11.5 Å². The van der Waals surface area contributed by atoms with E-state index < -0.39 is 15.7 Å². The van der Waals surface area contributed by atoms with Crippen LogP contribution in [0.3, 0.4) is 0 Å². The van der Waals surface area contributed by atoms with E-state index in [0.717, 1.165) is 0 Å². The highest BCUT2D eigenvalue weighted by Crippen LogP contribution is 2.35. The van der Waals surface area contributed by atoms with Gasteiger partial charge in [0.2, 0.25) is 9.84 Å². The molecule has 1 aromatic carbocycles. The first-order chi connectivity index (χ1) is 9.26.